The van der Waals surface area contributed by atoms with Crippen molar-refractivity contribution in [1.29, 1.82) is 0 Å². The second-order valence-electron chi connectivity index (χ2n) is 2.76. The molecule has 78 valence electrons. The topological polar surface area (TPSA) is 70.3 Å². The van der Waals surface area contributed by atoms with Gasteiger partial charge in [0, 0.05) is 32.2 Å². The summed E-state index contributed by atoms with van der Waals surface area (Å²) in [7, 11) is 1.66. The van der Waals surface area contributed by atoms with Crippen molar-refractivity contribution < 1.29 is 9.47 Å². The Bertz CT molecular complexity index is 268. The Morgan fingerprint density at radius 2 is 2.29 bits per heavy atom. The molecule has 0 bridgehead atoms. The van der Waals surface area contributed by atoms with Gasteiger partial charge in [-0.2, -0.15) is 5.10 Å². The van der Waals surface area contributed by atoms with Gasteiger partial charge in [0.2, 0.25) is 5.88 Å². The van der Waals surface area contributed by atoms with Crippen LogP contribution < -0.4 is 10.5 Å². The van der Waals surface area contributed by atoms with Crippen molar-refractivity contribution in [3.63, 3.8) is 0 Å². The Balaban J connectivity index is 2.41. The number of methoxy groups -OCH3 is 1. The van der Waals surface area contributed by atoms with Crippen LogP contribution in [0.4, 0.5) is 0 Å². The third-order valence-corrected chi connectivity index (χ3v) is 1.72. The van der Waals surface area contributed by atoms with Gasteiger partial charge in [0.15, 0.2) is 0 Å². The number of aromatic nitrogens is 2. The maximum atomic E-state index is 5.51. The number of ether oxygens (including phenoxy) is 2. The SMILES string of the molecule is COCCCOc1nnccc1CN. The summed E-state index contributed by atoms with van der Waals surface area (Å²) >= 11 is 0. The van der Waals surface area contributed by atoms with Crippen LogP contribution in [0.15, 0.2) is 12.3 Å². The van der Waals surface area contributed by atoms with E-state index in [0.717, 1.165) is 12.0 Å². The van der Waals surface area contributed by atoms with Crippen LogP contribution in [0.1, 0.15) is 12.0 Å². The number of rotatable bonds is 6. The number of nitrogens with two attached hydrogens (primary N) is 1. The second kappa shape index (κ2) is 6.28. The third-order valence-electron chi connectivity index (χ3n) is 1.72. The molecule has 0 saturated carbocycles. The highest BCUT2D eigenvalue weighted by Crippen LogP contribution is 2.11. The smallest absolute Gasteiger partial charge is 0.237 e. The van der Waals surface area contributed by atoms with Crippen LogP contribution >= 0.6 is 0 Å². The quantitative estimate of drug-likeness (QED) is 0.666. The Labute approximate surface area is 83.2 Å². The minimum Gasteiger partial charge on any atom is -0.476 e. The highest BCUT2D eigenvalue weighted by Gasteiger charge is 2.02. The average molecular weight is 197 g/mol. The van der Waals surface area contributed by atoms with Crippen molar-refractivity contribution >= 4 is 0 Å². The van der Waals surface area contributed by atoms with E-state index >= 15 is 0 Å². The lowest BCUT2D eigenvalue weighted by molar-refractivity contribution is 0.169. The van der Waals surface area contributed by atoms with Crippen LogP contribution in [-0.2, 0) is 11.3 Å². The average Bonchev–Trinajstić information content (AvgIpc) is 2.25. The highest BCUT2D eigenvalue weighted by molar-refractivity contribution is 5.22. The van der Waals surface area contributed by atoms with E-state index in [4.69, 9.17) is 15.2 Å². The van der Waals surface area contributed by atoms with E-state index in [2.05, 4.69) is 10.2 Å². The van der Waals surface area contributed by atoms with E-state index in [1.165, 1.54) is 0 Å². The molecule has 0 spiro atoms. The fourth-order valence-electron chi connectivity index (χ4n) is 0.994. The molecule has 1 heterocycles. The Morgan fingerprint density at radius 3 is 3.00 bits per heavy atom. The summed E-state index contributed by atoms with van der Waals surface area (Å²) in [6.45, 7) is 1.66. The molecule has 0 amide bonds. The molecule has 5 heteroatoms. The van der Waals surface area contributed by atoms with Gasteiger partial charge < -0.3 is 15.2 Å². The van der Waals surface area contributed by atoms with Crippen LogP contribution in [0.2, 0.25) is 0 Å². The summed E-state index contributed by atoms with van der Waals surface area (Å²) < 4.78 is 10.3. The Kier molecular flexibility index (Phi) is 4.88. The van der Waals surface area contributed by atoms with Gasteiger partial charge in [-0.1, -0.05) is 0 Å². The van der Waals surface area contributed by atoms with Crippen LogP contribution in [0.3, 0.4) is 0 Å². The molecule has 0 atom stereocenters. The van der Waals surface area contributed by atoms with E-state index < -0.39 is 0 Å². The van der Waals surface area contributed by atoms with E-state index in [1.54, 1.807) is 19.4 Å². The van der Waals surface area contributed by atoms with Crippen molar-refractivity contribution in [2.24, 2.45) is 5.73 Å². The van der Waals surface area contributed by atoms with Gasteiger partial charge in [0.1, 0.15) is 0 Å². The van der Waals surface area contributed by atoms with E-state index in [0.29, 0.717) is 25.6 Å². The van der Waals surface area contributed by atoms with Crippen molar-refractivity contribution in [3.05, 3.63) is 17.8 Å². The number of hydrogen-bond donors (Lipinski definition) is 1. The Hall–Kier alpha value is -1.20. The molecular formula is C9H15N3O2. The summed E-state index contributed by atoms with van der Waals surface area (Å²) in [6.07, 6.45) is 2.43. The van der Waals surface area contributed by atoms with E-state index in [9.17, 15) is 0 Å². The second-order valence-corrected chi connectivity index (χ2v) is 2.76. The van der Waals surface area contributed by atoms with Crippen molar-refractivity contribution in [3.8, 4) is 5.88 Å². The maximum Gasteiger partial charge on any atom is 0.237 e. The van der Waals surface area contributed by atoms with Gasteiger partial charge in [0.05, 0.1) is 12.8 Å². The molecular weight excluding hydrogens is 182 g/mol. The fraction of sp³-hybridized carbons (Fsp3) is 0.556. The molecule has 1 aromatic heterocycles. The predicted octanol–water partition coefficient (Wildman–Crippen LogP) is 0.351. The first kappa shape index (κ1) is 10.9. The van der Waals surface area contributed by atoms with Crippen LogP contribution in [0.5, 0.6) is 5.88 Å². The van der Waals surface area contributed by atoms with Crippen molar-refractivity contribution in [1.82, 2.24) is 10.2 Å². The molecule has 0 unspecified atom stereocenters. The molecule has 0 aliphatic carbocycles. The third kappa shape index (κ3) is 3.27. The van der Waals surface area contributed by atoms with Gasteiger partial charge >= 0.3 is 0 Å². The molecule has 14 heavy (non-hydrogen) atoms. The Morgan fingerprint density at radius 1 is 1.43 bits per heavy atom. The molecule has 0 fully saturated rings. The summed E-state index contributed by atoms with van der Waals surface area (Å²) in [6, 6.07) is 1.80. The van der Waals surface area contributed by atoms with Gasteiger partial charge in [-0.15, -0.1) is 5.10 Å². The van der Waals surface area contributed by atoms with Crippen molar-refractivity contribution in [2.75, 3.05) is 20.3 Å². The molecule has 0 aliphatic rings. The van der Waals surface area contributed by atoms with E-state index in [1.807, 2.05) is 0 Å². The predicted molar refractivity (Wildman–Crippen MR) is 51.9 cm³/mol. The lowest BCUT2D eigenvalue weighted by Crippen LogP contribution is -2.07. The molecule has 0 radical (unpaired) electrons. The lowest BCUT2D eigenvalue weighted by atomic mass is 10.3. The van der Waals surface area contributed by atoms with Crippen molar-refractivity contribution in [2.45, 2.75) is 13.0 Å². The lowest BCUT2D eigenvalue weighted by Gasteiger charge is -2.07. The monoisotopic (exact) mass is 197 g/mol. The van der Waals surface area contributed by atoms with Gasteiger partial charge in [-0.3, -0.25) is 0 Å². The largest absolute Gasteiger partial charge is 0.476 e. The molecule has 2 N–H and O–H groups in total. The summed E-state index contributed by atoms with van der Waals surface area (Å²) in [5, 5.41) is 7.58. The van der Waals surface area contributed by atoms with Crippen LogP contribution in [0.25, 0.3) is 0 Å². The normalized spacial score (nSPS) is 10.1. The van der Waals surface area contributed by atoms with E-state index in [-0.39, 0.29) is 0 Å². The molecule has 5 nitrogen and oxygen atoms in total. The minimum atomic E-state index is 0.412. The van der Waals surface area contributed by atoms with Crippen LogP contribution in [0, 0.1) is 0 Å². The van der Waals surface area contributed by atoms with Gasteiger partial charge in [-0.25, -0.2) is 0 Å². The molecule has 0 aromatic carbocycles. The van der Waals surface area contributed by atoms with Gasteiger partial charge in [-0.05, 0) is 6.07 Å². The zero-order chi connectivity index (χ0) is 10.2. The fourth-order valence-corrected chi connectivity index (χ4v) is 0.994. The summed E-state index contributed by atoms with van der Waals surface area (Å²) in [5.74, 6) is 0.520. The summed E-state index contributed by atoms with van der Waals surface area (Å²) in [4.78, 5) is 0. The molecule has 0 saturated heterocycles. The zero-order valence-corrected chi connectivity index (χ0v) is 8.27. The summed E-state index contributed by atoms with van der Waals surface area (Å²) in [5.41, 5.74) is 6.38. The zero-order valence-electron chi connectivity index (χ0n) is 8.27. The highest BCUT2D eigenvalue weighted by atomic mass is 16.5. The van der Waals surface area contributed by atoms with Gasteiger partial charge in [0.25, 0.3) is 0 Å². The first-order chi connectivity index (χ1) is 6.88. The van der Waals surface area contributed by atoms with Crippen LogP contribution in [-0.4, -0.2) is 30.5 Å². The first-order valence-electron chi connectivity index (χ1n) is 4.51. The standard InChI is InChI=1S/C9H15N3O2/c1-13-5-2-6-14-9-8(7-10)3-4-11-12-9/h3-4H,2,5-7,10H2,1H3. The first-order valence-corrected chi connectivity index (χ1v) is 4.51. The molecule has 0 aliphatic heterocycles. The molecule has 1 rings (SSSR count). The number of hydrogen-bond acceptors (Lipinski definition) is 5. The minimum absolute atomic E-state index is 0.412. The maximum absolute atomic E-state index is 5.51. The number of nitrogens with zero attached hydrogens (tertiary/aromatic N) is 2. The molecule has 1 aromatic rings.